The fourth-order valence-electron chi connectivity index (χ4n) is 2.68. The van der Waals surface area contributed by atoms with Crippen molar-refractivity contribution in [3.63, 3.8) is 0 Å². The number of benzene rings is 2. The molecule has 1 aromatic heterocycles. The molecule has 2 N–H and O–H groups in total. The number of hydrogen-bond donors (Lipinski definition) is 2. The van der Waals surface area contributed by atoms with E-state index >= 15 is 0 Å². The Morgan fingerprint density at radius 2 is 2.00 bits per heavy atom. The van der Waals surface area contributed by atoms with Crippen molar-refractivity contribution in [1.82, 2.24) is 5.32 Å². The lowest BCUT2D eigenvalue weighted by atomic mass is 10.1. The molecule has 0 unspecified atom stereocenters. The lowest BCUT2D eigenvalue weighted by Crippen LogP contribution is -2.32. The molecule has 0 bridgehead atoms. The van der Waals surface area contributed by atoms with Crippen LogP contribution in [0.4, 0.5) is 4.39 Å². The van der Waals surface area contributed by atoms with Gasteiger partial charge >= 0.3 is 5.63 Å². The van der Waals surface area contributed by atoms with E-state index < -0.39 is 23.5 Å². The third-order valence-corrected chi connectivity index (χ3v) is 3.99. The summed E-state index contributed by atoms with van der Waals surface area (Å²) in [5.41, 5.74) is 0.396. The van der Waals surface area contributed by atoms with E-state index in [1.54, 1.807) is 37.3 Å². The number of aryl methyl sites for hydroxylation is 1. The Labute approximate surface area is 142 Å². The van der Waals surface area contributed by atoms with Crippen molar-refractivity contribution in [2.24, 2.45) is 0 Å². The third kappa shape index (κ3) is 3.44. The molecule has 1 heterocycles. The van der Waals surface area contributed by atoms with Gasteiger partial charge in [-0.3, -0.25) is 4.79 Å². The molecule has 3 rings (SSSR count). The molecular weight excluding hydrogens is 325 g/mol. The summed E-state index contributed by atoms with van der Waals surface area (Å²) in [5, 5.41) is 13.2. The number of nitrogens with one attached hydrogen (secondary N) is 1. The summed E-state index contributed by atoms with van der Waals surface area (Å²) in [4.78, 5) is 24.5. The highest BCUT2D eigenvalue weighted by Gasteiger charge is 2.19. The van der Waals surface area contributed by atoms with Gasteiger partial charge in [0.15, 0.2) is 0 Å². The molecule has 1 atom stereocenters. The monoisotopic (exact) mass is 341 g/mol. The van der Waals surface area contributed by atoms with E-state index in [1.165, 1.54) is 18.2 Å². The maximum absolute atomic E-state index is 13.2. The number of rotatable bonds is 4. The van der Waals surface area contributed by atoms with Gasteiger partial charge in [-0.1, -0.05) is 30.3 Å². The van der Waals surface area contributed by atoms with Gasteiger partial charge in [0.1, 0.15) is 17.0 Å². The minimum atomic E-state index is -1.09. The minimum Gasteiger partial charge on any atom is -0.422 e. The zero-order valence-electron chi connectivity index (χ0n) is 13.5. The third-order valence-electron chi connectivity index (χ3n) is 3.99. The number of hydrogen-bond acceptors (Lipinski definition) is 4. The van der Waals surface area contributed by atoms with Crippen molar-refractivity contribution in [2.75, 3.05) is 6.54 Å². The quantitative estimate of drug-likeness (QED) is 0.715. The largest absolute Gasteiger partial charge is 0.422 e. The van der Waals surface area contributed by atoms with Crippen LogP contribution in [0.5, 0.6) is 0 Å². The lowest BCUT2D eigenvalue weighted by molar-refractivity contribution is 0.0912. The van der Waals surface area contributed by atoms with Crippen molar-refractivity contribution < 1.29 is 18.7 Å². The first-order valence-corrected chi connectivity index (χ1v) is 7.71. The molecule has 6 heteroatoms. The summed E-state index contributed by atoms with van der Waals surface area (Å²) in [7, 11) is 0. The molecule has 0 saturated carbocycles. The molecule has 0 aliphatic heterocycles. The smallest absolute Gasteiger partial charge is 0.349 e. The molecule has 25 heavy (non-hydrogen) atoms. The van der Waals surface area contributed by atoms with Crippen LogP contribution in [0.1, 0.15) is 27.6 Å². The predicted molar refractivity (Wildman–Crippen MR) is 90.9 cm³/mol. The molecule has 5 nitrogen and oxygen atoms in total. The summed E-state index contributed by atoms with van der Waals surface area (Å²) < 4.78 is 18.4. The Hall–Kier alpha value is -2.99. The first-order chi connectivity index (χ1) is 12.0. The van der Waals surface area contributed by atoms with Gasteiger partial charge in [0.2, 0.25) is 0 Å². The van der Waals surface area contributed by atoms with Gasteiger partial charge < -0.3 is 14.8 Å². The van der Waals surface area contributed by atoms with Crippen molar-refractivity contribution in [1.29, 1.82) is 0 Å². The van der Waals surface area contributed by atoms with Gasteiger partial charge in [-0.25, -0.2) is 9.18 Å². The van der Waals surface area contributed by atoms with E-state index in [1.807, 2.05) is 0 Å². The summed E-state index contributed by atoms with van der Waals surface area (Å²) in [5.74, 6) is -1.12. The zero-order valence-corrected chi connectivity index (χ0v) is 13.5. The van der Waals surface area contributed by atoms with Crippen molar-refractivity contribution in [3.05, 3.63) is 81.5 Å². The maximum atomic E-state index is 13.2. The van der Waals surface area contributed by atoms with Crippen LogP contribution in [0.2, 0.25) is 0 Å². The molecule has 2 aromatic carbocycles. The van der Waals surface area contributed by atoms with E-state index in [2.05, 4.69) is 5.32 Å². The summed E-state index contributed by atoms with van der Waals surface area (Å²) in [6, 6.07) is 12.4. The molecule has 0 fully saturated rings. The fourth-order valence-corrected chi connectivity index (χ4v) is 2.68. The van der Waals surface area contributed by atoms with Crippen LogP contribution in [0.3, 0.4) is 0 Å². The zero-order chi connectivity index (χ0) is 18.0. The Kier molecular flexibility index (Phi) is 4.63. The van der Waals surface area contributed by atoms with Gasteiger partial charge in [0.25, 0.3) is 5.91 Å². The van der Waals surface area contributed by atoms with E-state index in [0.717, 1.165) is 0 Å². The topological polar surface area (TPSA) is 79.5 Å². The molecule has 0 spiro atoms. The van der Waals surface area contributed by atoms with E-state index in [9.17, 15) is 19.1 Å². The van der Waals surface area contributed by atoms with Crippen LogP contribution >= 0.6 is 0 Å². The molecular formula is C19H16FNO4. The molecule has 0 aliphatic carbocycles. The standard InChI is InChI=1S/C19H16FNO4/c1-11-14-7-2-3-8-16(14)25-19(24)17(11)18(23)21-10-15(22)12-5-4-6-13(20)9-12/h2-9,15,22H,10H2,1H3,(H,21,23)/t15-/m0/s1. The van der Waals surface area contributed by atoms with Crippen molar-refractivity contribution in [2.45, 2.75) is 13.0 Å². The number of para-hydroxylation sites is 1. The van der Waals surface area contributed by atoms with Crippen molar-refractivity contribution >= 4 is 16.9 Å². The molecule has 1 amide bonds. The molecule has 0 aliphatic rings. The molecule has 0 saturated heterocycles. The first-order valence-electron chi connectivity index (χ1n) is 7.71. The average Bonchev–Trinajstić information content (AvgIpc) is 2.59. The highest BCUT2D eigenvalue weighted by Crippen LogP contribution is 2.19. The van der Waals surface area contributed by atoms with Gasteiger partial charge in [0, 0.05) is 11.9 Å². The Morgan fingerprint density at radius 3 is 2.76 bits per heavy atom. The Morgan fingerprint density at radius 1 is 1.24 bits per heavy atom. The number of carbonyl (C=O) groups is 1. The summed E-state index contributed by atoms with van der Waals surface area (Å²) in [6.07, 6.45) is -1.09. The fraction of sp³-hybridized carbons (Fsp3) is 0.158. The number of amides is 1. The second kappa shape index (κ2) is 6.86. The van der Waals surface area contributed by atoms with E-state index in [4.69, 9.17) is 4.42 Å². The highest BCUT2D eigenvalue weighted by atomic mass is 19.1. The molecule has 0 radical (unpaired) electrons. The van der Waals surface area contributed by atoms with Crippen LogP contribution in [0.25, 0.3) is 11.0 Å². The first kappa shape index (κ1) is 16.9. The number of aliphatic hydroxyl groups is 1. The Bertz CT molecular complexity index is 996. The second-order valence-corrected chi connectivity index (χ2v) is 5.67. The lowest BCUT2D eigenvalue weighted by Gasteiger charge is -2.13. The normalized spacial score (nSPS) is 12.1. The van der Waals surface area contributed by atoms with Crippen LogP contribution in [0, 0.1) is 12.7 Å². The van der Waals surface area contributed by atoms with Gasteiger partial charge in [-0.2, -0.15) is 0 Å². The van der Waals surface area contributed by atoms with E-state index in [0.29, 0.717) is 22.1 Å². The predicted octanol–water partition coefficient (Wildman–Crippen LogP) is 2.70. The maximum Gasteiger partial charge on any atom is 0.349 e. The molecule has 3 aromatic rings. The van der Waals surface area contributed by atoms with Crippen LogP contribution in [-0.4, -0.2) is 17.6 Å². The van der Waals surface area contributed by atoms with Crippen LogP contribution < -0.4 is 10.9 Å². The number of fused-ring (bicyclic) bond motifs is 1. The molecule has 128 valence electrons. The minimum absolute atomic E-state index is 0.106. The van der Waals surface area contributed by atoms with E-state index in [-0.39, 0.29) is 12.1 Å². The van der Waals surface area contributed by atoms with Crippen LogP contribution in [-0.2, 0) is 0 Å². The average molecular weight is 341 g/mol. The highest BCUT2D eigenvalue weighted by molar-refractivity contribution is 5.99. The summed E-state index contributed by atoms with van der Waals surface area (Å²) >= 11 is 0. The number of carbonyl (C=O) groups excluding carboxylic acids is 1. The number of halogens is 1. The Balaban J connectivity index is 1.82. The summed E-state index contributed by atoms with van der Waals surface area (Å²) in [6.45, 7) is 1.51. The van der Waals surface area contributed by atoms with Gasteiger partial charge in [0.05, 0.1) is 6.10 Å². The van der Waals surface area contributed by atoms with Crippen molar-refractivity contribution in [3.8, 4) is 0 Å². The van der Waals surface area contributed by atoms with Gasteiger partial charge in [-0.15, -0.1) is 0 Å². The van der Waals surface area contributed by atoms with Crippen LogP contribution in [0.15, 0.2) is 57.7 Å². The second-order valence-electron chi connectivity index (χ2n) is 5.67. The number of aliphatic hydroxyl groups excluding tert-OH is 1. The SMILES string of the molecule is Cc1c(C(=O)NC[C@H](O)c2cccc(F)c2)c(=O)oc2ccccc12. The van der Waals surface area contributed by atoms with Gasteiger partial charge in [-0.05, 0) is 36.2 Å².